The predicted octanol–water partition coefficient (Wildman–Crippen LogP) is 1.49. The van der Waals surface area contributed by atoms with Gasteiger partial charge in [0.15, 0.2) is 0 Å². The lowest BCUT2D eigenvalue weighted by molar-refractivity contribution is -0.0197. The Hall–Kier alpha value is -0.120. The number of hydrogen-bond donors (Lipinski definition) is 1. The zero-order valence-electron chi connectivity index (χ0n) is 10.7. The van der Waals surface area contributed by atoms with Gasteiger partial charge in [0.2, 0.25) is 0 Å². The predicted molar refractivity (Wildman–Crippen MR) is 66.7 cm³/mol. The molecule has 1 aliphatic carbocycles. The van der Waals surface area contributed by atoms with Crippen LogP contribution in [0.25, 0.3) is 0 Å². The molecule has 0 amide bonds. The van der Waals surface area contributed by atoms with Gasteiger partial charge in [0.25, 0.3) is 0 Å². The Kier molecular flexibility index (Phi) is 4.62. The minimum Gasteiger partial charge on any atom is -0.374 e. The average Bonchev–Trinajstić information content (AvgIpc) is 2.79. The normalized spacial score (nSPS) is 30.8. The van der Waals surface area contributed by atoms with Crippen LogP contribution in [0.3, 0.4) is 0 Å². The molecule has 1 N–H and O–H groups in total. The zero-order chi connectivity index (χ0) is 11.4. The van der Waals surface area contributed by atoms with Crippen LogP contribution in [-0.4, -0.2) is 50.3 Å². The van der Waals surface area contributed by atoms with E-state index in [1.807, 2.05) is 0 Å². The molecule has 0 radical (unpaired) electrons. The van der Waals surface area contributed by atoms with Crippen LogP contribution >= 0.6 is 0 Å². The largest absolute Gasteiger partial charge is 0.374 e. The van der Waals surface area contributed by atoms with Crippen molar-refractivity contribution in [1.29, 1.82) is 0 Å². The number of likely N-dealkylation sites (N-methyl/N-ethyl adjacent to an activating group) is 1. The summed E-state index contributed by atoms with van der Waals surface area (Å²) in [5.74, 6) is 0.904. The molecule has 1 aliphatic heterocycles. The molecule has 16 heavy (non-hydrogen) atoms. The minimum absolute atomic E-state index is 0.391. The van der Waals surface area contributed by atoms with Crippen LogP contribution in [-0.2, 0) is 4.74 Å². The van der Waals surface area contributed by atoms with Crippen molar-refractivity contribution in [2.24, 2.45) is 5.92 Å². The number of morpholine rings is 1. The van der Waals surface area contributed by atoms with Gasteiger partial charge >= 0.3 is 0 Å². The average molecular weight is 226 g/mol. The fraction of sp³-hybridized carbons (Fsp3) is 1.00. The molecule has 2 aliphatic rings. The van der Waals surface area contributed by atoms with E-state index in [1.54, 1.807) is 0 Å². The molecule has 1 heterocycles. The van der Waals surface area contributed by atoms with Gasteiger partial charge in [-0.1, -0.05) is 12.8 Å². The van der Waals surface area contributed by atoms with E-state index in [4.69, 9.17) is 4.74 Å². The van der Waals surface area contributed by atoms with E-state index >= 15 is 0 Å². The highest BCUT2D eigenvalue weighted by Crippen LogP contribution is 2.27. The fourth-order valence-electron chi connectivity index (χ4n) is 2.93. The molecule has 0 aromatic heterocycles. The Morgan fingerprint density at radius 1 is 1.38 bits per heavy atom. The third-order valence-electron chi connectivity index (χ3n) is 4.12. The van der Waals surface area contributed by atoms with Gasteiger partial charge in [-0.25, -0.2) is 0 Å². The second-order valence-electron chi connectivity index (χ2n) is 5.50. The Morgan fingerprint density at radius 3 is 2.81 bits per heavy atom. The van der Waals surface area contributed by atoms with Crippen LogP contribution in [0, 0.1) is 5.92 Å². The van der Waals surface area contributed by atoms with Crippen molar-refractivity contribution in [3.05, 3.63) is 0 Å². The first-order valence-electron chi connectivity index (χ1n) is 6.79. The molecule has 2 rings (SSSR count). The maximum absolute atomic E-state index is 5.76. The highest BCUT2D eigenvalue weighted by atomic mass is 16.5. The zero-order valence-corrected chi connectivity index (χ0v) is 10.7. The van der Waals surface area contributed by atoms with E-state index in [0.29, 0.717) is 12.1 Å². The van der Waals surface area contributed by atoms with Crippen molar-refractivity contribution in [3.63, 3.8) is 0 Å². The standard InChI is InChI=1S/C13H26N2O/c1-11(12-5-3-4-6-12)14-9-13-10-15(2)7-8-16-13/h11-14H,3-10H2,1-2H3/t11-,13?/m1/s1. The van der Waals surface area contributed by atoms with Gasteiger partial charge in [-0.05, 0) is 32.7 Å². The molecular formula is C13H26N2O. The molecule has 1 unspecified atom stereocenters. The first-order valence-corrected chi connectivity index (χ1v) is 6.79. The van der Waals surface area contributed by atoms with Crippen LogP contribution < -0.4 is 5.32 Å². The van der Waals surface area contributed by atoms with Crippen molar-refractivity contribution in [2.75, 3.05) is 33.3 Å². The quantitative estimate of drug-likeness (QED) is 0.786. The van der Waals surface area contributed by atoms with E-state index in [-0.39, 0.29) is 0 Å². The second kappa shape index (κ2) is 5.99. The van der Waals surface area contributed by atoms with Crippen LogP contribution in [0.5, 0.6) is 0 Å². The lowest BCUT2D eigenvalue weighted by atomic mass is 10.00. The van der Waals surface area contributed by atoms with Crippen molar-refractivity contribution in [2.45, 2.75) is 44.8 Å². The Bertz CT molecular complexity index is 202. The number of hydrogen-bond acceptors (Lipinski definition) is 3. The summed E-state index contributed by atoms with van der Waals surface area (Å²) in [5, 5.41) is 3.66. The monoisotopic (exact) mass is 226 g/mol. The lowest BCUT2D eigenvalue weighted by Gasteiger charge is -2.31. The molecule has 1 saturated carbocycles. The molecule has 94 valence electrons. The van der Waals surface area contributed by atoms with Gasteiger partial charge < -0.3 is 15.0 Å². The van der Waals surface area contributed by atoms with E-state index in [9.17, 15) is 0 Å². The summed E-state index contributed by atoms with van der Waals surface area (Å²) in [6, 6.07) is 0.665. The summed E-state index contributed by atoms with van der Waals surface area (Å²) in [4.78, 5) is 2.36. The van der Waals surface area contributed by atoms with Gasteiger partial charge in [-0.2, -0.15) is 0 Å². The molecule has 2 fully saturated rings. The Balaban J connectivity index is 1.65. The van der Waals surface area contributed by atoms with Crippen LogP contribution in [0.1, 0.15) is 32.6 Å². The summed E-state index contributed by atoms with van der Waals surface area (Å²) in [7, 11) is 2.18. The smallest absolute Gasteiger partial charge is 0.0826 e. The lowest BCUT2D eigenvalue weighted by Crippen LogP contribution is -2.47. The molecule has 0 aromatic carbocycles. The minimum atomic E-state index is 0.391. The molecule has 1 saturated heterocycles. The van der Waals surface area contributed by atoms with Gasteiger partial charge in [-0.15, -0.1) is 0 Å². The highest BCUT2D eigenvalue weighted by molar-refractivity contribution is 4.79. The van der Waals surface area contributed by atoms with Crippen molar-refractivity contribution in [1.82, 2.24) is 10.2 Å². The molecule has 0 spiro atoms. The summed E-state index contributed by atoms with van der Waals surface area (Å²) >= 11 is 0. The topological polar surface area (TPSA) is 24.5 Å². The first kappa shape index (κ1) is 12.3. The maximum atomic E-state index is 5.76. The summed E-state index contributed by atoms with van der Waals surface area (Å²) < 4.78 is 5.76. The van der Waals surface area contributed by atoms with Crippen LogP contribution in [0.4, 0.5) is 0 Å². The van der Waals surface area contributed by atoms with Gasteiger partial charge in [0.05, 0.1) is 12.7 Å². The van der Waals surface area contributed by atoms with Crippen molar-refractivity contribution in [3.8, 4) is 0 Å². The van der Waals surface area contributed by atoms with E-state index in [2.05, 4.69) is 24.2 Å². The van der Waals surface area contributed by atoms with Crippen molar-refractivity contribution >= 4 is 0 Å². The first-order chi connectivity index (χ1) is 7.75. The summed E-state index contributed by atoms with van der Waals surface area (Å²) in [6.07, 6.45) is 6.08. The fourth-order valence-corrected chi connectivity index (χ4v) is 2.93. The molecular weight excluding hydrogens is 200 g/mol. The van der Waals surface area contributed by atoms with Crippen LogP contribution in [0.2, 0.25) is 0 Å². The van der Waals surface area contributed by atoms with E-state index in [1.165, 1.54) is 25.7 Å². The molecule has 2 atom stereocenters. The van der Waals surface area contributed by atoms with E-state index < -0.39 is 0 Å². The Labute approximate surface area is 99.5 Å². The highest BCUT2D eigenvalue weighted by Gasteiger charge is 2.23. The van der Waals surface area contributed by atoms with Gasteiger partial charge in [-0.3, -0.25) is 0 Å². The van der Waals surface area contributed by atoms with Gasteiger partial charge in [0, 0.05) is 25.7 Å². The third kappa shape index (κ3) is 3.44. The number of ether oxygens (including phenoxy) is 1. The molecule has 0 aromatic rings. The molecule has 3 nitrogen and oxygen atoms in total. The molecule has 3 heteroatoms. The Morgan fingerprint density at radius 2 is 2.12 bits per heavy atom. The summed E-state index contributed by atoms with van der Waals surface area (Å²) in [5.41, 5.74) is 0. The second-order valence-corrected chi connectivity index (χ2v) is 5.50. The van der Waals surface area contributed by atoms with Gasteiger partial charge in [0.1, 0.15) is 0 Å². The number of nitrogens with one attached hydrogen (secondary N) is 1. The SMILES string of the molecule is C[C@@H](NCC1CN(C)CCO1)C1CCCC1. The maximum Gasteiger partial charge on any atom is 0.0826 e. The third-order valence-corrected chi connectivity index (χ3v) is 4.12. The van der Waals surface area contributed by atoms with Crippen molar-refractivity contribution < 1.29 is 4.74 Å². The molecule has 0 bridgehead atoms. The van der Waals surface area contributed by atoms with Crippen LogP contribution in [0.15, 0.2) is 0 Å². The number of nitrogens with zero attached hydrogens (tertiary/aromatic N) is 1. The number of rotatable bonds is 4. The summed E-state index contributed by atoms with van der Waals surface area (Å²) in [6.45, 7) is 6.39. The van der Waals surface area contributed by atoms with E-state index in [0.717, 1.165) is 32.2 Å².